The molecule has 2 rings (SSSR count). The molecular formula is C14F14N6Se. The van der Waals surface area contributed by atoms with Crippen molar-refractivity contribution in [2.45, 2.75) is 12.4 Å². The Morgan fingerprint density at radius 1 is 0.486 bits per heavy atom. The van der Waals surface area contributed by atoms with E-state index in [1.165, 1.54) is 0 Å². The van der Waals surface area contributed by atoms with Gasteiger partial charge >= 0.3 is 183 Å². The quantitative estimate of drug-likeness (QED) is 0.103. The molecule has 0 N–H and O–H groups in total. The molecule has 0 saturated carbocycles. The van der Waals surface area contributed by atoms with Crippen LogP contribution in [0.25, 0.3) is 20.9 Å². The van der Waals surface area contributed by atoms with Gasteiger partial charge in [0.05, 0.1) is 0 Å². The normalized spacial score (nSPS) is 12.7. The monoisotopic (exact) mass is 598 g/mol. The van der Waals surface area contributed by atoms with Crippen LogP contribution < -0.4 is 8.92 Å². The molecule has 35 heavy (non-hydrogen) atoms. The van der Waals surface area contributed by atoms with Crippen molar-refractivity contribution in [1.82, 2.24) is 0 Å². The minimum absolute atomic E-state index is 1.73. The number of rotatable bonds is 4. The molecule has 190 valence electrons. The second kappa shape index (κ2) is 8.99. The van der Waals surface area contributed by atoms with Crippen LogP contribution in [-0.4, -0.2) is 13.3 Å². The SMILES string of the molecule is [N-]=[N+]=N[Se](N=[N+]=[N-])(c1c(F)c(F)c(C(F)(F)F)c(F)c1F)c1c(F)c(F)c(C(F)(F)F)c(F)c1F. The Hall–Kier alpha value is -3.40. The first-order valence-corrected chi connectivity index (χ1v) is 11.0. The zero-order chi connectivity index (χ0) is 27.3. The van der Waals surface area contributed by atoms with Crippen molar-refractivity contribution in [3.63, 3.8) is 0 Å². The standard InChI is InChI=1S/C14F14N6Se/c15-3-1(13(23,24)25)4(16)8(20)11(7(3)19)35(33-31-29,34-32-30)12-9(21)5(17)2(14(26,27)28)6(18)10(12)22. The van der Waals surface area contributed by atoms with E-state index in [0.29, 0.717) is 0 Å². The molecule has 0 radical (unpaired) electrons. The van der Waals surface area contributed by atoms with E-state index in [-0.39, 0.29) is 0 Å². The fourth-order valence-electron chi connectivity index (χ4n) is 2.61. The zero-order valence-corrected chi connectivity index (χ0v) is 17.1. The number of benzene rings is 2. The van der Waals surface area contributed by atoms with Crippen molar-refractivity contribution in [3.05, 3.63) is 78.6 Å². The minimum atomic E-state index is -7.05. The van der Waals surface area contributed by atoms with Crippen LogP contribution in [0, 0.1) is 46.5 Å². The van der Waals surface area contributed by atoms with Gasteiger partial charge in [-0.25, -0.2) is 0 Å². The summed E-state index contributed by atoms with van der Waals surface area (Å²) in [5.74, 6) is -26.3. The molecule has 0 heterocycles. The number of azide groups is 1. The average Bonchev–Trinajstić information content (AvgIpc) is 2.70. The first-order chi connectivity index (χ1) is 15.9. The third kappa shape index (κ3) is 4.27. The number of halogens is 14. The molecule has 21 heteroatoms. The van der Waals surface area contributed by atoms with Crippen LogP contribution in [0.4, 0.5) is 61.5 Å². The first-order valence-electron chi connectivity index (χ1n) is 7.72. The summed E-state index contributed by atoms with van der Waals surface area (Å²) in [4.78, 5) is 3.47. The van der Waals surface area contributed by atoms with Crippen molar-refractivity contribution in [1.29, 1.82) is 0 Å². The van der Waals surface area contributed by atoms with Crippen LogP contribution in [0.3, 0.4) is 0 Å². The molecule has 0 unspecified atom stereocenters. The van der Waals surface area contributed by atoms with Crippen molar-refractivity contribution in [3.8, 4) is 0 Å². The summed E-state index contributed by atoms with van der Waals surface area (Å²) in [5, 5.41) is 0. The Morgan fingerprint density at radius 3 is 0.886 bits per heavy atom. The number of nitrogens with zero attached hydrogens (tertiary/aromatic N) is 6. The summed E-state index contributed by atoms with van der Waals surface area (Å²) < 4.78 is 191. The molecule has 0 spiro atoms. The molecule has 0 atom stereocenters. The molecule has 0 bridgehead atoms. The van der Waals surface area contributed by atoms with Gasteiger partial charge in [0.25, 0.3) is 0 Å². The fraction of sp³-hybridized carbons (Fsp3) is 0.143. The Morgan fingerprint density at radius 2 is 0.714 bits per heavy atom. The molecule has 0 aliphatic rings. The summed E-state index contributed by atoms with van der Waals surface area (Å²) in [7, 11) is 0. The fourth-order valence-corrected chi connectivity index (χ4v) is 7.08. The third-order valence-electron chi connectivity index (χ3n) is 3.89. The van der Waals surface area contributed by atoms with E-state index in [1.54, 1.807) is 9.82 Å². The second-order valence-electron chi connectivity index (χ2n) is 5.81. The molecule has 0 fully saturated rings. The zero-order valence-electron chi connectivity index (χ0n) is 15.4. The van der Waals surface area contributed by atoms with Crippen LogP contribution in [0.5, 0.6) is 0 Å². The maximum absolute atomic E-state index is 14.6. The van der Waals surface area contributed by atoms with Crippen LogP contribution in [-0.2, 0) is 12.4 Å². The molecule has 2 aromatic rings. The Bertz CT molecular complexity index is 1160. The predicted octanol–water partition coefficient (Wildman–Crippen LogP) is 6.01. The summed E-state index contributed by atoms with van der Waals surface area (Å²) >= 11 is -7.05. The Labute approximate surface area is 183 Å². The molecule has 0 amide bonds. The van der Waals surface area contributed by atoms with E-state index >= 15 is 0 Å². The first kappa shape index (κ1) is 27.8. The van der Waals surface area contributed by atoms with E-state index in [9.17, 15) is 61.5 Å². The van der Waals surface area contributed by atoms with E-state index in [4.69, 9.17) is 11.1 Å². The van der Waals surface area contributed by atoms with E-state index < -0.39 is 92.2 Å². The van der Waals surface area contributed by atoms with Crippen molar-refractivity contribution in [2.75, 3.05) is 0 Å². The Kier molecular flexibility index (Phi) is 7.15. The number of hydrogen-bond donors (Lipinski definition) is 0. The van der Waals surface area contributed by atoms with Gasteiger partial charge in [-0.2, -0.15) is 0 Å². The van der Waals surface area contributed by atoms with Crippen LogP contribution in [0.1, 0.15) is 11.1 Å². The van der Waals surface area contributed by atoms with E-state index in [2.05, 4.69) is 8.26 Å². The summed E-state index contributed by atoms with van der Waals surface area (Å²) in [6.45, 7) is 0. The van der Waals surface area contributed by atoms with Crippen LogP contribution in [0.2, 0.25) is 0 Å². The molecule has 0 aromatic heterocycles. The van der Waals surface area contributed by atoms with Gasteiger partial charge in [0.15, 0.2) is 0 Å². The van der Waals surface area contributed by atoms with Gasteiger partial charge in [-0.1, -0.05) is 0 Å². The van der Waals surface area contributed by atoms with Crippen molar-refractivity contribution in [2.24, 2.45) is 8.26 Å². The van der Waals surface area contributed by atoms with Crippen molar-refractivity contribution >= 4 is 22.2 Å². The average molecular weight is 597 g/mol. The molecule has 6 nitrogen and oxygen atoms in total. The van der Waals surface area contributed by atoms with Gasteiger partial charge in [0.1, 0.15) is 0 Å². The molecule has 0 aliphatic carbocycles. The van der Waals surface area contributed by atoms with Gasteiger partial charge < -0.3 is 0 Å². The predicted molar refractivity (Wildman–Crippen MR) is 85.9 cm³/mol. The second-order valence-corrected chi connectivity index (χ2v) is 10.5. The third-order valence-corrected chi connectivity index (χ3v) is 9.08. The maximum atomic E-state index is 14.6. The Balaban J connectivity index is 3.31. The molecule has 0 saturated heterocycles. The summed E-state index contributed by atoms with van der Waals surface area (Å²) in [5.41, 5.74) is 10.8. The van der Waals surface area contributed by atoms with Gasteiger partial charge in [0, 0.05) is 0 Å². The van der Waals surface area contributed by atoms with Gasteiger partial charge in [-0.3, -0.25) is 0 Å². The van der Waals surface area contributed by atoms with Gasteiger partial charge in [-0.05, 0) is 0 Å². The summed E-state index contributed by atoms with van der Waals surface area (Å²) in [6, 6.07) is 0. The van der Waals surface area contributed by atoms with Crippen molar-refractivity contribution < 1.29 is 61.5 Å². The van der Waals surface area contributed by atoms with Crippen LogP contribution >= 0.6 is 0 Å². The summed E-state index contributed by atoms with van der Waals surface area (Å²) in [6.07, 6.45) is -12.3. The molecule has 2 aromatic carbocycles. The topological polar surface area (TPSA) is 97.5 Å². The number of alkyl halides is 6. The van der Waals surface area contributed by atoms with E-state index in [1.807, 2.05) is 0 Å². The van der Waals surface area contributed by atoms with Gasteiger partial charge in [-0.15, -0.1) is 0 Å². The molecule has 0 aliphatic heterocycles. The van der Waals surface area contributed by atoms with E-state index in [0.717, 1.165) is 0 Å². The number of hydrogen-bond acceptors (Lipinski definition) is 2. The van der Waals surface area contributed by atoms with Gasteiger partial charge in [0.2, 0.25) is 0 Å². The van der Waals surface area contributed by atoms with Crippen LogP contribution in [0.15, 0.2) is 8.26 Å². The molecular weight excluding hydrogens is 597 g/mol.